The molecule has 1 aliphatic carbocycles. The van der Waals surface area contributed by atoms with Crippen LogP contribution in [0.4, 0.5) is 5.82 Å². The number of aromatic nitrogens is 5. The first-order valence-corrected chi connectivity index (χ1v) is 12.8. The van der Waals surface area contributed by atoms with Crippen LogP contribution in [0.3, 0.4) is 0 Å². The second-order valence-corrected chi connectivity index (χ2v) is 10.1. The second kappa shape index (κ2) is 9.52. The van der Waals surface area contributed by atoms with Crippen molar-refractivity contribution in [3.63, 3.8) is 0 Å². The van der Waals surface area contributed by atoms with Crippen LogP contribution >= 0.6 is 11.6 Å². The maximum atomic E-state index is 12.3. The molecular formula is C27H28ClN7O. The number of rotatable bonds is 7. The fourth-order valence-electron chi connectivity index (χ4n) is 4.83. The van der Waals surface area contributed by atoms with E-state index in [0.29, 0.717) is 16.7 Å². The lowest BCUT2D eigenvalue weighted by molar-refractivity contribution is -0.117. The molecule has 0 bridgehead atoms. The third-order valence-electron chi connectivity index (χ3n) is 6.96. The average Bonchev–Trinajstić information content (AvgIpc) is 3.25. The van der Waals surface area contributed by atoms with Gasteiger partial charge in [0.25, 0.3) is 0 Å². The predicted molar refractivity (Wildman–Crippen MR) is 140 cm³/mol. The maximum Gasteiger partial charge on any atom is 0.228 e. The van der Waals surface area contributed by atoms with Gasteiger partial charge in [0.1, 0.15) is 12.1 Å². The van der Waals surface area contributed by atoms with E-state index in [1.165, 1.54) is 18.4 Å². The fraction of sp³-hybridized carbons (Fsp3) is 0.333. The van der Waals surface area contributed by atoms with Crippen LogP contribution in [0.25, 0.3) is 28.2 Å². The zero-order valence-corrected chi connectivity index (χ0v) is 20.9. The van der Waals surface area contributed by atoms with Crippen molar-refractivity contribution in [2.75, 3.05) is 18.4 Å². The Morgan fingerprint density at radius 2 is 1.92 bits per heavy atom. The average molecular weight is 502 g/mol. The lowest BCUT2D eigenvalue weighted by atomic mass is 10.0. The summed E-state index contributed by atoms with van der Waals surface area (Å²) in [4.78, 5) is 23.6. The monoisotopic (exact) mass is 501 g/mol. The number of pyridine rings is 1. The highest BCUT2D eigenvalue weighted by Gasteiger charge is 2.30. The molecule has 184 valence electrons. The molecule has 3 aromatic heterocycles. The van der Waals surface area contributed by atoms with Crippen LogP contribution < -0.4 is 5.32 Å². The third-order valence-corrected chi connectivity index (χ3v) is 7.29. The maximum absolute atomic E-state index is 12.3. The molecule has 4 heterocycles. The van der Waals surface area contributed by atoms with Gasteiger partial charge >= 0.3 is 0 Å². The Morgan fingerprint density at radius 1 is 1.11 bits per heavy atom. The molecule has 8 nitrogen and oxygen atoms in total. The van der Waals surface area contributed by atoms with Gasteiger partial charge < -0.3 is 9.88 Å². The molecular weight excluding hydrogens is 474 g/mol. The Kier molecular flexibility index (Phi) is 6.07. The Bertz CT molecular complexity index is 1400. The van der Waals surface area contributed by atoms with Crippen LogP contribution in [0.2, 0.25) is 5.02 Å². The van der Waals surface area contributed by atoms with E-state index in [-0.39, 0.29) is 11.8 Å². The number of anilines is 1. The molecule has 2 fully saturated rings. The minimum absolute atomic E-state index is 0.0357. The Morgan fingerprint density at radius 3 is 2.67 bits per heavy atom. The van der Waals surface area contributed by atoms with Gasteiger partial charge in [-0.25, -0.2) is 9.97 Å². The molecule has 4 aromatic rings. The number of nitrogens with zero attached hydrogens (tertiary/aromatic N) is 5. The quantitative estimate of drug-likeness (QED) is 0.362. The smallest absolute Gasteiger partial charge is 0.228 e. The first-order valence-electron chi connectivity index (χ1n) is 12.4. The summed E-state index contributed by atoms with van der Waals surface area (Å²) in [6.45, 7) is 5.19. The van der Waals surface area contributed by atoms with Crippen molar-refractivity contribution >= 4 is 23.3 Å². The first kappa shape index (κ1) is 22.9. The summed E-state index contributed by atoms with van der Waals surface area (Å²) in [6, 6.07) is 8.17. The fourth-order valence-corrected chi connectivity index (χ4v) is 5.05. The molecule has 9 heteroatoms. The number of nitrogens with one attached hydrogen (secondary N) is 2. The van der Waals surface area contributed by atoms with Crippen molar-refractivity contribution in [3.8, 4) is 28.2 Å². The Labute approximate surface area is 214 Å². The molecule has 1 aromatic carbocycles. The predicted octanol–water partition coefficient (Wildman–Crippen LogP) is 5.23. The molecule has 36 heavy (non-hydrogen) atoms. The van der Waals surface area contributed by atoms with Crippen LogP contribution in [0.1, 0.15) is 36.8 Å². The van der Waals surface area contributed by atoms with E-state index >= 15 is 0 Å². The van der Waals surface area contributed by atoms with Crippen molar-refractivity contribution in [2.45, 2.75) is 39.2 Å². The van der Waals surface area contributed by atoms with Gasteiger partial charge in [-0.15, -0.1) is 0 Å². The van der Waals surface area contributed by atoms with Crippen LogP contribution in [0, 0.1) is 12.8 Å². The second-order valence-electron chi connectivity index (χ2n) is 9.73. The van der Waals surface area contributed by atoms with E-state index in [9.17, 15) is 4.79 Å². The normalized spacial score (nSPS) is 15.9. The van der Waals surface area contributed by atoms with Crippen LogP contribution in [0.5, 0.6) is 0 Å². The molecule has 2 aliphatic rings. The van der Waals surface area contributed by atoms with Crippen molar-refractivity contribution in [2.24, 2.45) is 5.92 Å². The number of amides is 1. The molecule has 0 atom stereocenters. The van der Waals surface area contributed by atoms with Crippen LogP contribution in [-0.2, 0) is 11.3 Å². The highest BCUT2D eigenvalue weighted by Crippen LogP contribution is 2.38. The molecule has 6 rings (SSSR count). The van der Waals surface area contributed by atoms with E-state index < -0.39 is 0 Å². The molecule has 1 saturated carbocycles. The van der Waals surface area contributed by atoms with Crippen molar-refractivity contribution in [1.82, 2.24) is 29.6 Å². The summed E-state index contributed by atoms with van der Waals surface area (Å²) in [6.07, 6.45) is 11.8. The standard InChI is InChI=1S/C27H28ClN7O/c1-17-12-29-25(32-27(36)19-5-6-19)11-24(17)35-14-21(22(15-35)26-30-16-31-33-26)20-10-18(4-7-23(20)28)13-34-8-2-3-9-34/h4,7,10-12,14-16,19H,2-3,5-6,8-9,13H2,1H3,(H,29,32,36)(H,30,31,33). The van der Waals surface area contributed by atoms with Crippen LogP contribution in [-0.4, -0.2) is 48.6 Å². The van der Waals surface area contributed by atoms with Gasteiger partial charge in [-0.3, -0.25) is 14.8 Å². The Balaban J connectivity index is 1.41. The van der Waals surface area contributed by atoms with Gasteiger partial charge in [-0.05, 0) is 69.0 Å². The summed E-state index contributed by atoms with van der Waals surface area (Å²) in [7, 11) is 0. The summed E-state index contributed by atoms with van der Waals surface area (Å²) >= 11 is 6.76. The number of H-pyrrole nitrogens is 1. The van der Waals surface area contributed by atoms with Gasteiger partial charge in [0, 0.05) is 58.8 Å². The molecule has 0 radical (unpaired) electrons. The van der Waals surface area contributed by atoms with Gasteiger partial charge in [0.2, 0.25) is 5.91 Å². The number of halogens is 1. The lowest BCUT2D eigenvalue weighted by Crippen LogP contribution is -2.18. The summed E-state index contributed by atoms with van der Waals surface area (Å²) < 4.78 is 2.04. The Hall–Kier alpha value is -3.49. The number of benzene rings is 1. The molecule has 1 amide bonds. The highest BCUT2D eigenvalue weighted by atomic mass is 35.5. The van der Waals surface area contributed by atoms with Gasteiger partial charge in [0.05, 0.1) is 5.69 Å². The topological polar surface area (TPSA) is 91.7 Å². The van der Waals surface area contributed by atoms with Gasteiger partial charge in [0.15, 0.2) is 5.82 Å². The highest BCUT2D eigenvalue weighted by molar-refractivity contribution is 6.33. The van der Waals surface area contributed by atoms with Gasteiger partial charge in [-0.2, -0.15) is 5.10 Å². The van der Waals surface area contributed by atoms with Crippen molar-refractivity contribution < 1.29 is 4.79 Å². The van der Waals surface area contributed by atoms with Crippen LogP contribution in [0.15, 0.2) is 49.2 Å². The van der Waals surface area contributed by atoms with Crippen molar-refractivity contribution in [1.29, 1.82) is 0 Å². The van der Waals surface area contributed by atoms with Gasteiger partial charge in [-0.1, -0.05) is 17.7 Å². The number of likely N-dealkylation sites (tertiary alicyclic amines) is 1. The van der Waals surface area contributed by atoms with Crippen molar-refractivity contribution in [3.05, 3.63) is 65.3 Å². The van der Waals surface area contributed by atoms with E-state index in [0.717, 1.165) is 60.4 Å². The lowest BCUT2D eigenvalue weighted by Gasteiger charge is -2.16. The number of aromatic amines is 1. The molecule has 1 saturated heterocycles. The SMILES string of the molecule is Cc1cnc(NC(=O)C2CC2)cc1-n1cc(-c2nc[nH]n2)c(-c2cc(CN3CCCC3)ccc2Cl)c1. The number of hydrogen-bond acceptors (Lipinski definition) is 5. The van der Waals surface area contributed by atoms with E-state index in [2.05, 4.69) is 48.7 Å². The number of hydrogen-bond donors (Lipinski definition) is 2. The number of aryl methyl sites for hydroxylation is 1. The van der Waals surface area contributed by atoms with E-state index in [1.807, 2.05) is 29.8 Å². The number of carbonyl (C=O) groups is 1. The van der Waals surface area contributed by atoms with E-state index in [4.69, 9.17) is 11.6 Å². The molecule has 0 unspecified atom stereocenters. The zero-order chi connectivity index (χ0) is 24.6. The summed E-state index contributed by atoms with van der Waals surface area (Å²) in [5, 5.41) is 10.8. The molecule has 0 spiro atoms. The summed E-state index contributed by atoms with van der Waals surface area (Å²) in [5.74, 6) is 1.29. The third kappa shape index (κ3) is 4.66. The largest absolute Gasteiger partial charge is 0.322 e. The first-order chi connectivity index (χ1) is 17.5. The number of carbonyl (C=O) groups excluding carboxylic acids is 1. The van der Waals surface area contributed by atoms with E-state index in [1.54, 1.807) is 12.5 Å². The minimum atomic E-state index is 0.0357. The zero-order valence-electron chi connectivity index (χ0n) is 20.2. The minimum Gasteiger partial charge on any atom is -0.322 e. The molecule has 1 aliphatic heterocycles. The summed E-state index contributed by atoms with van der Waals surface area (Å²) in [5.41, 5.74) is 5.90. The molecule has 2 N–H and O–H groups in total.